The van der Waals surface area contributed by atoms with Gasteiger partial charge in [0.05, 0.1) is 25.0 Å². The van der Waals surface area contributed by atoms with Crippen LogP contribution in [0.2, 0.25) is 0 Å². The van der Waals surface area contributed by atoms with Gasteiger partial charge in [-0.25, -0.2) is 13.6 Å². The summed E-state index contributed by atoms with van der Waals surface area (Å²) in [5.74, 6) is -1.32. The third-order valence-electron chi connectivity index (χ3n) is 5.27. The SMILES string of the molecule is Cn1cc(Oc2c(F)cc(COc3cc4n(c(=O)n3)C[C@H]3CCOCN43)cc2F)cn1. The highest BCUT2D eigenvalue weighted by Gasteiger charge is 2.33. The highest BCUT2D eigenvalue weighted by Crippen LogP contribution is 2.31. The average Bonchev–Trinajstić information content (AvgIpc) is 3.33. The van der Waals surface area contributed by atoms with E-state index >= 15 is 0 Å². The van der Waals surface area contributed by atoms with Crippen molar-refractivity contribution in [3.05, 3.63) is 58.3 Å². The van der Waals surface area contributed by atoms with Crippen LogP contribution in [0.1, 0.15) is 12.0 Å². The Kier molecular flexibility index (Phi) is 4.81. The Balaban J connectivity index is 1.32. The van der Waals surface area contributed by atoms with Crippen molar-refractivity contribution in [2.75, 3.05) is 18.2 Å². The van der Waals surface area contributed by atoms with E-state index in [0.717, 1.165) is 18.6 Å². The molecule has 1 saturated heterocycles. The van der Waals surface area contributed by atoms with Gasteiger partial charge in [-0.2, -0.15) is 10.1 Å². The Morgan fingerprint density at radius 1 is 1.26 bits per heavy atom. The normalized spacial score (nSPS) is 17.4. The number of ether oxygens (including phenoxy) is 3. The third kappa shape index (κ3) is 3.72. The van der Waals surface area contributed by atoms with Crippen molar-refractivity contribution < 1.29 is 23.0 Å². The molecule has 162 valence electrons. The van der Waals surface area contributed by atoms with Crippen molar-refractivity contribution in [2.45, 2.75) is 25.6 Å². The maximum atomic E-state index is 14.4. The van der Waals surface area contributed by atoms with Gasteiger partial charge in [-0.1, -0.05) is 0 Å². The monoisotopic (exact) mass is 431 g/mol. The van der Waals surface area contributed by atoms with Crippen LogP contribution in [0.5, 0.6) is 17.4 Å². The standard InChI is InChI=1S/C20H19F2N5O4/c1-25-9-14(7-23-25)31-19-15(21)4-12(5-16(19)22)10-30-17-6-18-26(20(28)24-17)8-13-2-3-29-11-27(13)18/h4-7,9,13H,2-3,8,10-11H2,1H3/t13-/m1/s1. The maximum Gasteiger partial charge on any atom is 0.352 e. The molecule has 1 aromatic carbocycles. The first-order valence-electron chi connectivity index (χ1n) is 9.71. The van der Waals surface area contributed by atoms with Crippen LogP contribution in [0.25, 0.3) is 0 Å². The zero-order valence-corrected chi connectivity index (χ0v) is 16.6. The number of aromatic nitrogens is 4. The summed E-state index contributed by atoms with van der Waals surface area (Å²) in [5.41, 5.74) is -0.199. The van der Waals surface area contributed by atoms with E-state index in [1.165, 1.54) is 17.1 Å². The summed E-state index contributed by atoms with van der Waals surface area (Å²) in [5, 5.41) is 3.89. The van der Waals surface area contributed by atoms with E-state index in [4.69, 9.17) is 14.2 Å². The number of halogens is 2. The molecule has 2 aliphatic heterocycles. The number of anilines is 1. The Labute approximate surface area is 175 Å². The molecule has 2 aliphatic rings. The Morgan fingerprint density at radius 2 is 2.06 bits per heavy atom. The second kappa shape index (κ2) is 7.65. The van der Waals surface area contributed by atoms with E-state index in [1.54, 1.807) is 17.7 Å². The summed E-state index contributed by atoms with van der Waals surface area (Å²) in [6.45, 7) is 1.43. The number of fused-ring (bicyclic) bond motifs is 3. The number of benzene rings is 1. The molecule has 0 radical (unpaired) electrons. The van der Waals surface area contributed by atoms with Crippen LogP contribution < -0.4 is 20.1 Å². The van der Waals surface area contributed by atoms with Gasteiger partial charge in [-0.3, -0.25) is 9.25 Å². The van der Waals surface area contributed by atoms with E-state index in [9.17, 15) is 13.6 Å². The maximum absolute atomic E-state index is 14.4. The summed E-state index contributed by atoms with van der Waals surface area (Å²) in [6, 6.07) is 4.06. The molecule has 9 nitrogen and oxygen atoms in total. The molecule has 0 spiro atoms. The molecule has 5 rings (SSSR count). The van der Waals surface area contributed by atoms with E-state index in [1.807, 2.05) is 4.90 Å². The van der Waals surface area contributed by atoms with Crippen molar-refractivity contribution >= 4 is 5.82 Å². The summed E-state index contributed by atoms with van der Waals surface area (Å²) in [4.78, 5) is 18.3. The molecule has 0 aliphatic carbocycles. The fraction of sp³-hybridized carbons (Fsp3) is 0.350. The van der Waals surface area contributed by atoms with Crippen LogP contribution in [0.15, 0.2) is 35.4 Å². The zero-order chi connectivity index (χ0) is 21.5. The summed E-state index contributed by atoms with van der Waals surface area (Å²) < 4.78 is 48.2. The minimum atomic E-state index is -0.877. The lowest BCUT2D eigenvalue weighted by molar-refractivity contribution is 0.0903. The molecule has 2 aromatic heterocycles. The Morgan fingerprint density at radius 3 is 2.81 bits per heavy atom. The first-order valence-corrected chi connectivity index (χ1v) is 9.71. The molecule has 11 heteroatoms. The largest absolute Gasteiger partial charge is 0.473 e. The number of hydrogen-bond donors (Lipinski definition) is 0. The van der Waals surface area contributed by atoms with Gasteiger partial charge in [0.25, 0.3) is 0 Å². The second-order valence-electron chi connectivity index (χ2n) is 7.42. The lowest BCUT2D eigenvalue weighted by Gasteiger charge is -2.30. The minimum absolute atomic E-state index is 0.0824. The molecule has 0 amide bonds. The van der Waals surface area contributed by atoms with Crippen LogP contribution >= 0.6 is 0 Å². The Hall–Kier alpha value is -3.47. The highest BCUT2D eigenvalue weighted by molar-refractivity contribution is 5.47. The number of hydrogen-bond acceptors (Lipinski definition) is 7. The van der Waals surface area contributed by atoms with Crippen molar-refractivity contribution in [3.8, 4) is 17.4 Å². The number of rotatable bonds is 5. The fourth-order valence-electron chi connectivity index (χ4n) is 3.77. The molecule has 31 heavy (non-hydrogen) atoms. The van der Waals surface area contributed by atoms with Gasteiger partial charge >= 0.3 is 5.69 Å². The number of nitrogens with zero attached hydrogens (tertiary/aromatic N) is 5. The topological polar surface area (TPSA) is 83.6 Å². The van der Waals surface area contributed by atoms with E-state index < -0.39 is 23.1 Å². The zero-order valence-electron chi connectivity index (χ0n) is 16.6. The van der Waals surface area contributed by atoms with E-state index in [0.29, 0.717) is 25.7 Å². The molecular weight excluding hydrogens is 412 g/mol. The average molecular weight is 431 g/mol. The molecule has 0 unspecified atom stereocenters. The smallest absolute Gasteiger partial charge is 0.352 e. The molecule has 1 fully saturated rings. The van der Waals surface area contributed by atoms with Gasteiger partial charge in [0.1, 0.15) is 19.2 Å². The molecular formula is C20H19F2N5O4. The van der Waals surface area contributed by atoms with Crippen LogP contribution in [0, 0.1) is 11.6 Å². The predicted molar refractivity (Wildman–Crippen MR) is 104 cm³/mol. The first-order chi connectivity index (χ1) is 15.0. The van der Waals surface area contributed by atoms with Crippen molar-refractivity contribution in [3.63, 3.8) is 0 Å². The van der Waals surface area contributed by atoms with Gasteiger partial charge in [-0.15, -0.1) is 0 Å². The lowest BCUT2D eigenvalue weighted by Crippen LogP contribution is -2.39. The van der Waals surface area contributed by atoms with Gasteiger partial charge in [0.2, 0.25) is 5.88 Å². The lowest BCUT2D eigenvalue weighted by atomic mass is 10.2. The quantitative estimate of drug-likeness (QED) is 0.612. The Bertz CT molecular complexity index is 1170. The minimum Gasteiger partial charge on any atom is -0.473 e. The van der Waals surface area contributed by atoms with Crippen LogP contribution in [-0.4, -0.2) is 38.7 Å². The summed E-state index contributed by atoms with van der Waals surface area (Å²) in [6.07, 6.45) is 3.67. The van der Waals surface area contributed by atoms with E-state index in [2.05, 4.69) is 10.1 Å². The van der Waals surface area contributed by atoms with Gasteiger partial charge in [-0.05, 0) is 24.1 Å². The second-order valence-corrected chi connectivity index (χ2v) is 7.42. The van der Waals surface area contributed by atoms with Gasteiger partial charge in [0.15, 0.2) is 23.1 Å². The number of aryl methyl sites for hydroxylation is 1. The summed E-state index contributed by atoms with van der Waals surface area (Å²) in [7, 11) is 1.66. The fourth-order valence-corrected chi connectivity index (χ4v) is 3.77. The van der Waals surface area contributed by atoms with Crippen LogP contribution in [0.4, 0.5) is 14.6 Å². The van der Waals surface area contributed by atoms with Gasteiger partial charge in [0, 0.05) is 19.7 Å². The molecule has 0 bridgehead atoms. The van der Waals surface area contributed by atoms with E-state index in [-0.39, 0.29) is 29.8 Å². The highest BCUT2D eigenvalue weighted by atomic mass is 19.1. The van der Waals surface area contributed by atoms with Crippen molar-refractivity contribution in [2.24, 2.45) is 7.05 Å². The third-order valence-corrected chi connectivity index (χ3v) is 5.27. The van der Waals surface area contributed by atoms with Crippen molar-refractivity contribution in [1.82, 2.24) is 19.3 Å². The molecule has 3 aromatic rings. The molecule has 0 N–H and O–H groups in total. The van der Waals surface area contributed by atoms with Crippen LogP contribution in [-0.2, 0) is 24.9 Å². The van der Waals surface area contributed by atoms with Gasteiger partial charge < -0.3 is 19.1 Å². The molecule has 1 atom stereocenters. The van der Waals surface area contributed by atoms with Crippen LogP contribution in [0.3, 0.4) is 0 Å². The molecule has 4 heterocycles. The molecule has 0 saturated carbocycles. The first kappa shape index (κ1) is 19.5. The summed E-state index contributed by atoms with van der Waals surface area (Å²) >= 11 is 0. The van der Waals surface area contributed by atoms with Crippen molar-refractivity contribution in [1.29, 1.82) is 0 Å². The predicted octanol–water partition coefficient (Wildman–Crippen LogP) is 2.19.